The number of fused-ring (bicyclic) bond motifs is 5. The van der Waals surface area contributed by atoms with E-state index in [2.05, 4.69) is 163 Å². The molecule has 1 aromatic heterocycles. The summed E-state index contributed by atoms with van der Waals surface area (Å²) in [5, 5.41) is 10.7. The lowest BCUT2D eigenvalue weighted by atomic mass is 9.92. The Bertz CT molecular complexity index is 2830. The van der Waals surface area contributed by atoms with Gasteiger partial charge < -0.3 is 9.73 Å². The molecule has 0 amide bonds. The molecule has 2 heterocycles. The topological polar surface area (TPSA) is 49.9 Å². The van der Waals surface area contributed by atoms with E-state index >= 15 is 0 Å². The predicted octanol–water partition coefficient (Wildman–Crippen LogP) is 11.7. The molecule has 0 aliphatic carbocycles. The van der Waals surface area contributed by atoms with Crippen molar-refractivity contribution in [1.82, 2.24) is 5.32 Å². The second-order valence-electron chi connectivity index (χ2n) is 13.0. The van der Waals surface area contributed by atoms with Crippen molar-refractivity contribution in [2.75, 3.05) is 0 Å². The Morgan fingerprint density at radius 2 is 1.08 bits per heavy atom. The molecule has 1 aliphatic heterocycles. The van der Waals surface area contributed by atoms with Crippen LogP contribution in [0.1, 0.15) is 22.9 Å². The number of para-hydroxylation sites is 1. The summed E-state index contributed by atoms with van der Waals surface area (Å²) in [5.74, 6) is 1.49. The van der Waals surface area contributed by atoms with Crippen LogP contribution in [0.4, 0.5) is 0 Å². The molecule has 9 aromatic rings. The summed E-state index contributed by atoms with van der Waals surface area (Å²) in [6.07, 6.45) is -0.293. The van der Waals surface area contributed by atoms with Crippen molar-refractivity contribution in [2.24, 2.45) is 9.98 Å². The first kappa shape index (κ1) is 29.2. The van der Waals surface area contributed by atoms with Crippen molar-refractivity contribution in [3.05, 3.63) is 193 Å². The molecule has 0 spiro atoms. The van der Waals surface area contributed by atoms with Crippen LogP contribution in [0.25, 0.3) is 65.7 Å². The van der Waals surface area contributed by atoms with E-state index in [-0.39, 0.29) is 6.17 Å². The van der Waals surface area contributed by atoms with Gasteiger partial charge in [0.05, 0.1) is 0 Å². The van der Waals surface area contributed by atoms with Crippen LogP contribution in [0.2, 0.25) is 0 Å². The first-order valence-electron chi connectivity index (χ1n) is 17.3. The summed E-state index contributed by atoms with van der Waals surface area (Å²) < 4.78 is 6.26. The average Bonchev–Trinajstić information content (AvgIpc) is 3.60. The van der Waals surface area contributed by atoms with Crippen LogP contribution in [0, 0.1) is 0 Å². The average molecular weight is 654 g/mol. The fraction of sp³-hybridized carbons (Fsp3) is 0.0213. The molecule has 1 unspecified atom stereocenters. The molecule has 1 N–H and O–H groups in total. The number of benzene rings is 8. The highest BCUT2D eigenvalue weighted by Gasteiger charge is 2.23. The second kappa shape index (κ2) is 12.0. The third kappa shape index (κ3) is 5.08. The minimum absolute atomic E-state index is 0.293. The molecule has 1 aliphatic rings. The van der Waals surface area contributed by atoms with E-state index in [1.54, 1.807) is 0 Å². The zero-order valence-electron chi connectivity index (χ0n) is 27.6. The van der Waals surface area contributed by atoms with Gasteiger partial charge in [-0.25, -0.2) is 9.98 Å². The summed E-state index contributed by atoms with van der Waals surface area (Å²) in [5.41, 5.74) is 9.50. The Hall–Kier alpha value is -6.78. The summed E-state index contributed by atoms with van der Waals surface area (Å²) in [6, 6.07) is 61.7. The monoisotopic (exact) mass is 653 g/mol. The third-order valence-corrected chi connectivity index (χ3v) is 9.95. The quantitative estimate of drug-likeness (QED) is 0.201. The molecule has 8 aromatic carbocycles. The number of nitrogens with one attached hydrogen (secondary N) is 1. The van der Waals surface area contributed by atoms with Gasteiger partial charge in [0.25, 0.3) is 0 Å². The van der Waals surface area contributed by atoms with Gasteiger partial charge in [0.2, 0.25) is 0 Å². The molecular formula is C47H31N3O. The third-order valence-electron chi connectivity index (χ3n) is 9.95. The minimum Gasteiger partial charge on any atom is -0.456 e. The molecule has 4 heteroatoms. The van der Waals surface area contributed by atoms with Crippen LogP contribution in [-0.4, -0.2) is 11.7 Å². The molecule has 0 radical (unpaired) electrons. The van der Waals surface area contributed by atoms with Crippen LogP contribution in [0.3, 0.4) is 0 Å². The highest BCUT2D eigenvalue weighted by Crippen LogP contribution is 2.40. The highest BCUT2D eigenvalue weighted by molar-refractivity contribution is 6.20. The van der Waals surface area contributed by atoms with Crippen LogP contribution in [-0.2, 0) is 0 Å². The molecular weight excluding hydrogens is 623 g/mol. The van der Waals surface area contributed by atoms with Crippen molar-refractivity contribution >= 4 is 55.2 Å². The van der Waals surface area contributed by atoms with Crippen molar-refractivity contribution in [2.45, 2.75) is 6.17 Å². The van der Waals surface area contributed by atoms with Gasteiger partial charge in [-0.2, -0.15) is 0 Å². The van der Waals surface area contributed by atoms with E-state index in [4.69, 9.17) is 14.4 Å². The van der Waals surface area contributed by atoms with Crippen LogP contribution in [0.5, 0.6) is 0 Å². The minimum atomic E-state index is -0.293. The van der Waals surface area contributed by atoms with E-state index in [1.165, 1.54) is 16.3 Å². The molecule has 240 valence electrons. The highest BCUT2D eigenvalue weighted by atomic mass is 16.3. The largest absolute Gasteiger partial charge is 0.456 e. The first-order chi connectivity index (χ1) is 25.3. The Morgan fingerprint density at radius 3 is 1.94 bits per heavy atom. The van der Waals surface area contributed by atoms with Gasteiger partial charge >= 0.3 is 0 Å². The van der Waals surface area contributed by atoms with E-state index in [0.717, 1.165) is 71.9 Å². The standard InChI is InChI=1S/C47H31N3O/c1-2-12-32(13-3-1)45-48-46(33-26-23-31(24-27-33)35-28-25-30-11-4-5-14-34(30)29-35)50-47(49-45)40-20-9-16-36-37(17-8-18-38(36)40)39-19-10-22-43-44(39)41-15-6-7-21-42(41)51-43/h1-29,45H,(H,48,49,50). The first-order valence-corrected chi connectivity index (χ1v) is 17.3. The van der Waals surface area contributed by atoms with Gasteiger partial charge in [-0.3, -0.25) is 0 Å². The van der Waals surface area contributed by atoms with Crippen molar-refractivity contribution in [3.8, 4) is 22.3 Å². The maximum atomic E-state index is 6.26. The summed E-state index contributed by atoms with van der Waals surface area (Å²) in [6.45, 7) is 0. The zero-order valence-corrected chi connectivity index (χ0v) is 27.6. The number of hydrogen-bond donors (Lipinski definition) is 1. The van der Waals surface area contributed by atoms with E-state index < -0.39 is 0 Å². The van der Waals surface area contributed by atoms with Crippen LogP contribution in [0.15, 0.2) is 190 Å². The lowest BCUT2D eigenvalue weighted by molar-refractivity contribution is 0.669. The van der Waals surface area contributed by atoms with Crippen LogP contribution < -0.4 is 5.32 Å². The lowest BCUT2D eigenvalue weighted by Gasteiger charge is -2.24. The van der Waals surface area contributed by atoms with Crippen molar-refractivity contribution in [3.63, 3.8) is 0 Å². The van der Waals surface area contributed by atoms with Gasteiger partial charge in [-0.1, -0.05) is 158 Å². The molecule has 1 atom stereocenters. The molecule has 4 nitrogen and oxygen atoms in total. The van der Waals surface area contributed by atoms with E-state index in [0.29, 0.717) is 5.84 Å². The van der Waals surface area contributed by atoms with Gasteiger partial charge in [0, 0.05) is 21.9 Å². The molecule has 0 saturated carbocycles. The summed E-state index contributed by atoms with van der Waals surface area (Å²) in [7, 11) is 0. The predicted molar refractivity (Wildman–Crippen MR) is 211 cm³/mol. The van der Waals surface area contributed by atoms with E-state index in [1.807, 2.05) is 18.2 Å². The zero-order chi connectivity index (χ0) is 33.7. The molecule has 0 fully saturated rings. The Kier molecular flexibility index (Phi) is 6.85. The van der Waals surface area contributed by atoms with Gasteiger partial charge in [0.15, 0.2) is 5.84 Å². The van der Waals surface area contributed by atoms with Gasteiger partial charge in [0.1, 0.15) is 23.2 Å². The van der Waals surface area contributed by atoms with Crippen molar-refractivity contribution < 1.29 is 4.42 Å². The smallest absolute Gasteiger partial charge is 0.159 e. The maximum absolute atomic E-state index is 6.26. The van der Waals surface area contributed by atoms with Gasteiger partial charge in [-0.15, -0.1) is 0 Å². The normalized spacial score (nSPS) is 14.5. The lowest BCUT2D eigenvalue weighted by Crippen LogP contribution is -2.33. The Morgan fingerprint density at radius 1 is 0.451 bits per heavy atom. The number of hydrogen-bond acceptors (Lipinski definition) is 4. The number of furan rings is 1. The molecule has 0 saturated heterocycles. The van der Waals surface area contributed by atoms with E-state index in [9.17, 15) is 0 Å². The Balaban J connectivity index is 1.09. The molecule has 0 bridgehead atoms. The maximum Gasteiger partial charge on any atom is 0.159 e. The fourth-order valence-electron chi connectivity index (χ4n) is 7.45. The van der Waals surface area contributed by atoms with Crippen molar-refractivity contribution in [1.29, 1.82) is 0 Å². The number of rotatable bonds is 5. The number of nitrogens with zero attached hydrogens (tertiary/aromatic N) is 2. The van der Waals surface area contributed by atoms with Crippen LogP contribution >= 0.6 is 0 Å². The number of amidine groups is 2. The SMILES string of the molecule is c1ccc(C2N=C(c3ccc(-c4ccc5ccccc5c4)cc3)N=C(c3cccc4c(-c5cccc6oc7ccccc7c56)cccc34)N2)cc1. The summed E-state index contributed by atoms with van der Waals surface area (Å²) in [4.78, 5) is 10.4. The molecule has 51 heavy (non-hydrogen) atoms. The van der Waals surface area contributed by atoms with Gasteiger partial charge in [-0.05, 0) is 67.6 Å². The fourth-order valence-corrected chi connectivity index (χ4v) is 7.45. The Labute approximate surface area is 295 Å². The second-order valence-corrected chi connectivity index (χ2v) is 13.0. The molecule has 10 rings (SSSR count). The summed E-state index contributed by atoms with van der Waals surface area (Å²) >= 11 is 0. The number of aliphatic imine (C=N–C) groups is 2.